The molecule has 0 spiro atoms. The number of esters is 1. The van der Waals surface area contributed by atoms with Gasteiger partial charge in [0.25, 0.3) is 0 Å². The van der Waals surface area contributed by atoms with E-state index >= 15 is 0 Å². The highest BCUT2D eigenvalue weighted by Gasteiger charge is 2.12. The number of ketones is 1. The van der Waals surface area contributed by atoms with E-state index in [1.54, 1.807) is 48.5 Å². The predicted octanol–water partition coefficient (Wildman–Crippen LogP) is 4.75. The van der Waals surface area contributed by atoms with E-state index in [1.807, 2.05) is 38.1 Å². The van der Waals surface area contributed by atoms with Crippen LogP contribution in [0.25, 0.3) is 0 Å². The molecule has 0 saturated heterocycles. The second kappa shape index (κ2) is 7.14. The van der Waals surface area contributed by atoms with Gasteiger partial charge in [-0.25, -0.2) is 4.79 Å². The van der Waals surface area contributed by atoms with Gasteiger partial charge in [0.05, 0.1) is 5.56 Å². The fraction of sp³-hybridized carbons (Fsp3) is 0.0909. The third-order valence-corrected chi connectivity index (χ3v) is 3.93. The van der Waals surface area contributed by atoms with Gasteiger partial charge in [-0.3, -0.25) is 4.79 Å². The number of rotatable bonds is 4. The zero-order chi connectivity index (χ0) is 17.8. The molecule has 0 fully saturated rings. The predicted molar refractivity (Wildman–Crippen MR) is 97.2 cm³/mol. The van der Waals surface area contributed by atoms with Crippen LogP contribution in [-0.4, -0.2) is 11.8 Å². The Kier molecular flexibility index (Phi) is 4.75. The first-order valence-electron chi connectivity index (χ1n) is 8.03. The Morgan fingerprint density at radius 1 is 0.600 bits per heavy atom. The molecule has 0 atom stereocenters. The molecule has 0 unspecified atom stereocenters. The van der Waals surface area contributed by atoms with Crippen LogP contribution < -0.4 is 4.74 Å². The lowest BCUT2D eigenvalue weighted by atomic mass is 10.0. The van der Waals surface area contributed by atoms with Crippen molar-refractivity contribution in [3.05, 3.63) is 101 Å². The van der Waals surface area contributed by atoms with Crippen molar-refractivity contribution in [1.82, 2.24) is 0 Å². The SMILES string of the molecule is Cc1ccc(OC(=O)c2ccc(C(=O)c3ccc(C)cc3)cc2)cc1. The monoisotopic (exact) mass is 330 g/mol. The van der Waals surface area contributed by atoms with Crippen LogP contribution in [-0.2, 0) is 0 Å². The van der Waals surface area contributed by atoms with Crippen molar-refractivity contribution in [2.45, 2.75) is 13.8 Å². The summed E-state index contributed by atoms with van der Waals surface area (Å²) in [6.07, 6.45) is 0. The van der Waals surface area contributed by atoms with Gasteiger partial charge in [-0.2, -0.15) is 0 Å². The number of aryl methyl sites for hydroxylation is 2. The first-order valence-corrected chi connectivity index (χ1v) is 8.03. The molecule has 124 valence electrons. The quantitative estimate of drug-likeness (QED) is 0.394. The Morgan fingerprint density at radius 2 is 1.00 bits per heavy atom. The van der Waals surface area contributed by atoms with Gasteiger partial charge < -0.3 is 4.74 Å². The summed E-state index contributed by atoms with van der Waals surface area (Å²) < 4.78 is 5.33. The summed E-state index contributed by atoms with van der Waals surface area (Å²) in [4.78, 5) is 24.6. The Hall–Kier alpha value is -3.20. The average Bonchev–Trinajstić information content (AvgIpc) is 2.64. The van der Waals surface area contributed by atoms with Crippen molar-refractivity contribution in [2.75, 3.05) is 0 Å². The normalized spacial score (nSPS) is 10.3. The summed E-state index contributed by atoms with van der Waals surface area (Å²) in [5.74, 6) is -0.0213. The van der Waals surface area contributed by atoms with Crippen LogP contribution in [0.5, 0.6) is 5.75 Å². The summed E-state index contributed by atoms with van der Waals surface area (Å²) in [6, 6.07) is 21.2. The largest absolute Gasteiger partial charge is 0.423 e. The molecule has 3 rings (SSSR count). The molecule has 0 radical (unpaired) electrons. The topological polar surface area (TPSA) is 43.4 Å². The first kappa shape index (κ1) is 16.7. The summed E-state index contributed by atoms with van der Waals surface area (Å²) in [7, 11) is 0. The number of carbonyl (C=O) groups is 2. The highest BCUT2D eigenvalue weighted by atomic mass is 16.5. The number of carbonyl (C=O) groups excluding carboxylic acids is 2. The van der Waals surface area contributed by atoms with Crippen LogP contribution in [0, 0.1) is 13.8 Å². The lowest BCUT2D eigenvalue weighted by molar-refractivity contribution is 0.0734. The molecule has 0 bridgehead atoms. The number of ether oxygens (including phenoxy) is 1. The first-order chi connectivity index (χ1) is 12.0. The minimum Gasteiger partial charge on any atom is -0.423 e. The Morgan fingerprint density at radius 3 is 1.52 bits per heavy atom. The third-order valence-electron chi connectivity index (χ3n) is 3.93. The number of hydrogen-bond donors (Lipinski definition) is 0. The lowest BCUT2D eigenvalue weighted by Crippen LogP contribution is -2.09. The second-order valence-corrected chi connectivity index (χ2v) is 5.98. The minimum absolute atomic E-state index is 0.0709. The number of benzene rings is 3. The van der Waals surface area contributed by atoms with Gasteiger partial charge in [-0.1, -0.05) is 59.7 Å². The molecule has 3 heteroatoms. The summed E-state index contributed by atoms with van der Waals surface area (Å²) in [5.41, 5.74) is 3.77. The molecule has 0 amide bonds. The highest BCUT2D eigenvalue weighted by Crippen LogP contribution is 2.16. The fourth-order valence-corrected chi connectivity index (χ4v) is 2.40. The zero-order valence-corrected chi connectivity index (χ0v) is 14.2. The molecule has 0 N–H and O–H groups in total. The van der Waals surface area contributed by atoms with Gasteiger partial charge in [0.1, 0.15) is 5.75 Å². The van der Waals surface area contributed by atoms with Gasteiger partial charge in [0.2, 0.25) is 0 Å². The standard InChI is InChI=1S/C22H18O3/c1-15-3-7-17(8-4-15)21(23)18-9-11-19(12-10-18)22(24)25-20-13-5-16(2)6-14-20/h3-14H,1-2H3. The van der Waals surface area contributed by atoms with E-state index < -0.39 is 5.97 Å². The van der Waals surface area contributed by atoms with E-state index in [-0.39, 0.29) is 5.78 Å². The Labute approximate surface area is 146 Å². The second-order valence-electron chi connectivity index (χ2n) is 5.98. The van der Waals surface area contributed by atoms with Crippen LogP contribution in [0.15, 0.2) is 72.8 Å². The molecule has 0 aliphatic heterocycles. The number of hydrogen-bond acceptors (Lipinski definition) is 3. The van der Waals surface area contributed by atoms with Crippen LogP contribution in [0.3, 0.4) is 0 Å². The van der Waals surface area contributed by atoms with Crippen LogP contribution in [0.2, 0.25) is 0 Å². The summed E-state index contributed by atoms with van der Waals surface area (Å²) in [5, 5.41) is 0. The molecule has 3 aromatic carbocycles. The summed E-state index contributed by atoms with van der Waals surface area (Å²) in [6.45, 7) is 3.94. The molecule has 25 heavy (non-hydrogen) atoms. The van der Waals surface area contributed by atoms with Gasteiger partial charge >= 0.3 is 5.97 Å². The van der Waals surface area contributed by atoms with Crippen molar-refractivity contribution < 1.29 is 14.3 Å². The molecule has 0 aromatic heterocycles. The fourth-order valence-electron chi connectivity index (χ4n) is 2.40. The average molecular weight is 330 g/mol. The highest BCUT2D eigenvalue weighted by molar-refractivity contribution is 6.09. The van der Waals surface area contributed by atoms with Crippen molar-refractivity contribution in [3.63, 3.8) is 0 Å². The maximum Gasteiger partial charge on any atom is 0.343 e. The van der Waals surface area contributed by atoms with Gasteiger partial charge in [-0.05, 0) is 38.1 Å². The van der Waals surface area contributed by atoms with Crippen molar-refractivity contribution >= 4 is 11.8 Å². The molecular weight excluding hydrogens is 312 g/mol. The lowest BCUT2D eigenvalue weighted by Gasteiger charge is -2.06. The van der Waals surface area contributed by atoms with E-state index in [4.69, 9.17) is 4.74 Å². The molecule has 0 aliphatic rings. The minimum atomic E-state index is -0.446. The molecule has 0 saturated carbocycles. The maximum atomic E-state index is 12.4. The molecule has 0 aliphatic carbocycles. The van der Waals surface area contributed by atoms with Gasteiger partial charge in [-0.15, -0.1) is 0 Å². The van der Waals surface area contributed by atoms with Crippen LogP contribution in [0.1, 0.15) is 37.4 Å². The summed E-state index contributed by atoms with van der Waals surface area (Å²) >= 11 is 0. The molecule has 0 heterocycles. The maximum absolute atomic E-state index is 12.4. The third kappa shape index (κ3) is 4.01. The van der Waals surface area contributed by atoms with E-state index in [9.17, 15) is 9.59 Å². The van der Waals surface area contributed by atoms with Crippen LogP contribution in [0.4, 0.5) is 0 Å². The molecule has 3 nitrogen and oxygen atoms in total. The van der Waals surface area contributed by atoms with E-state index in [2.05, 4.69) is 0 Å². The van der Waals surface area contributed by atoms with Crippen molar-refractivity contribution in [1.29, 1.82) is 0 Å². The van der Waals surface area contributed by atoms with E-state index in [0.29, 0.717) is 22.4 Å². The molecule has 3 aromatic rings. The van der Waals surface area contributed by atoms with E-state index in [1.165, 1.54) is 0 Å². The van der Waals surface area contributed by atoms with Crippen molar-refractivity contribution in [2.24, 2.45) is 0 Å². The van der Waals surface area contributed by atoms with Gasteiger partial charge in [0.15, 0.2) is 5.78 Å². The van der Waals surface area contributed by atoms with E-state index in [0.717, 1.165) is 11.1 Å². The van der Waals surface area contributed by atoms with Crippen LogP contribution >= 0.6 is 0 Å². The smallest absolute Gasteiger partial charge is 0.343 e. The Bertz CT molecular complexity index is 890. The van der Waals surface area contributed by atoms with Gasteiger partial charge in [0, 0.05) is 11.1 Å². The molecular formula is C22H18O3. The van der Waals surface area contributed by atoms with Crippen molar-refractivity contribution in [3.8, 4) is 5.75 Å². The Balaban J connectivity index is 1.73. The zero-order valence-electron chi connectivity index (χ0n) is 14.2.